The van der Waals surface area contributed by atoms with Gasteiger partial charge in [-0.3, -0.25) is 9.59 Å². The summed E-state index contributed by atoms with van der Waals surface area (Å²) in [7, 11) is 0. The van der Waals surface area contributed by atoms with E-state index in [1.165, 1.54) is 22.9 Å². The van der Waals surface area contributed by atoms with E-state index in [1.807, 2.05) is 38.1 Å². The summed E-state index contributed by atoms with van der Waals surface area (Å²) in [4.78, 5) is 25.3. The Morgan fingerprint density at radius 2 is 2.00 bits per heavy atom. The maximum absolute atomic E-state index is 12.2. The molecule has 0 radical (unpaired) electrons. The van der Waals surface area contributed by atoms with E-state index >= 15 is 0 Å². The van der Waals surface area contributed by atoms with Crippen molar-refractivity contribution in [3.8, 4) is 0 Å². The van der Waals surface area contributed by atoms with E-state index in [1.54, 1.807) is 0 Å². The number of rotatable bonds is 6. The van der Waals surface area contributed by atoms with Crippen LogP contribution in [0.15, 0.2) is 47.4 Å². The molecule has 27 heavy (non-hydrogen) atoms. The number of thioether (sulfide) groups is 1. The summed E-state index contributed by atoms with van der Waals surface area (Å²) >= 11 is 1.44. The van der Waals surface area contributed by atoms with Crippen LogP contribution in [0, 0.1) is 13.8 Å². The van der Waals surface area contributed by atoms with E-state index < -0.39 is 0 Å². The van der Waals surface area contributed by atoms with Crippen molar-refractivity contribution >= 4 is 23.6 Å². The Labute approximate surface area is 164 Å². The second-order valence-electron chi connectivity index (χ2n) is 6.93. The molecule has 1 amide bonds. The van der Waals surface area contributed by atoms with Crippen molar-refractivity contribution in [3.63, 3.8) is 0 Å². The van der Waals surface area contributed by atoms with Gasteiger partial charge in [-0.25, -0.2) is 0 Å². The SMILES string of the molecule is Cc1ccc(C)c(SCC(=O)OCC(=O)NC2CCCc3ccccc32)c1. The predicted octanol–water partition coefficient (Wildman–Crippen LogP) is 4.13. The van der Waals surface area contributed by atoms with Gasteiger partial charge in [0.1, 0.15) is 0 Å². The molecule has 2 aromatic rings. The fourth-order valence-electron chi connectivity index (χ4n) is 3.33. The minimum atomic E-state index is -0.375. The van der Waals surface area contributed by atoms with Crippen molar-refractivity contribution in [1.82, 2.24) is 5.32 Å². The van der Waals surface area contributed by atoms with Gasteiger partial charge in [-0.1, -0.05) is 42.0 Å². The summed E-state index contributed by atoms with van der Waals surface area (Å²) in [5.41, 5.74) is 4.75. The number of benzene rings is 2. The largest absolute Gasteiger partial charge is 0.455 e. The Kier molecular flexibility index (Phi) is 6.56. The van der Waals surface area contributed by atoms with Gasteiger partial charge in [0.05, 0.1) is 11.8 Å². The molecule has 1 N–H and O–H groups in total. The first-order valence-electron chi connectivity index (χ1n) is 9.26. The molecule has 0 saturated carbocycles. The summed E-state index contributed by atoms with van der Waals surface area (Å²) in [6, 6.07) is 14.3. The minimum absolute atomic E-state index is 0.00507. The van der Waals surface area contributed by atoms with Crippen LogP contribution in [0.1, 0.15) is 41.1 Å². The third-order valence-electron chi connectivity index (χ3n) is 4.76. The van der Waals surface area contributed by atoms with Crippen LogP contribution in [-0.2, 0) is 20.7 Å². The molecule has 4 nitrogen and oxygen atoms in total. The number of aryl methyl sites for hydroxylation is 3. The first-order valence-corrected chi connectivity index (χ1v) is 10.2. The van der Waals surface area contributed by atoms with Gasteiger partial charge in [0.25, 0.3) is 5.91 Å². The summed E-state index contributed by atoms with van der Waals surface area (Å²) in [6.45, 7) is 3.81. The highest BCUT2D eigenvalue weighted by atomic mass is 32.2. The van der Waals surface area contributed by atoms with Crippen LogP contribution in [0.3, 0.4) is 0 Å². The Hall–Kier alpha value is -2.27. The van der Waals surface area contributed by atoms with Gasteiger partial charge >= 0.3 is 5.97 Å². The number of hydrogen-bond acceptors (Lipinski definition) is 4. The van der Waals surface area contributed by atoms with E-state index in [2.05, 4.69) is 23.5 Å². The summed E-state index contributed by atoms with van der Waals surface area (Å²) < 4.78 is 5.15. The Morgan fingerprint density at radius 3 is 2.85 bits per heavy atom. The van der Waals surface area contributed by atoms with Gasteiger partial charge in [0.15, 0.2) is 6.61 Å². The lowest BCUT2D eigenvalue weighted by atomic mass is 9.88. The van der Waals surface area contributed by atoms with Crippen molar-refractivity contribution in [3.05, 3.63) is 64.7 Å². The van der Waals surface area contributed by atoms with E-state index in [0.29, 0.717) is 0 Å². The van der Waals surface area contributed by atoms with Crippen LogP contribution in [0.25, 0.3) is 0 Å². The molecule has 1 atom stereocenters. The van der Waals surface area contributed by atoms with Crippen molar-refractivity contribution in [2.75, 3.05) is 12.4 Å². The van der Waals surface area contributed by atoms with Gasteiger partial charge < -0.3 is 10.1 Å². The molecule has 0 fully saturated rings. The number of ether oxygens (including phenoxy) is 1. The van der Waals surface area contributed by atoms with E-state index in [-0.39, 0.29) is 30.3 Å². The number of amides is 1. The zero-order valence-corrected chi connectivity index (χ0v) is 16.6. The van der Waals surface area contributed by atoms with Crippen LogP contribution in [0.2, 0.25) is 0 Å². The van der Waals surface area contributed by atoms with Crippen molar-refractivity contribution in [2.24, 2.45) is 0 Å². The Balaban J connectivity index is 1.45. The van der Waals surface area contributed by atoms with E-state index in [9.17, 15) is 9.59 Å². The molecular formula is C22H25NO3S. The molecule has 2 aromatic carbocycles. The highest BCUT2D eigenvalue weighted by Gasteiger charge is 2.21. The average molecular weight is 384 g/mol. The molecule has 142 valence electrons. The molecule has 1 aliphatic rings. The Morgan fingerprint density at radius 1 is 1.19 bits per heavy atom. The molecule has 3 rings (SSSR count). The zero-order valence-electron chi connectivity index (χ0n) is 15.8. The number of carbonyl (C=O) groups is 2. The number of esters is 1. The lowest BCUT2D eigenvalue weighted by Crippen LogP contribution is -2.34. The lowest BCUT2D eigenvalue weighted by Gasteiger charge is -2.26. The van der Waals surface area contributed by atoms with Crippen LogP contribution in [0.4, 0.5) is 0 Å². The molecule has 5 heteroatoms. The highest BCUT2D eigenvalue weighted by Crippen LogP contribution is 2.29. The van der Waals surface area contributed by atoms with Crippen LogP contribution >= 0.6 is 11.8 Å². The number of fused-ring (bicyclic) bond motifs is 1. The first-order chi connectivity index (χ1) is 13.0. The second kappa shape index (κ2) is 9.09. The number of hydrogen-bond donors (Lipinski definition) is 1. The third kappa shape index (κ3) is 5.36. The third-order valence-corrected chi connectivity index (χ3v) is 5.89. The fraction of sp³-hybridized carbons (Fsp3) is 0.364. The lowest BCUT2D eigenvalue weighted by molar-refractivity contribution is -0.146. The molecule has 0 spiro atoms. The molecule has 1 aliphatic carbocycles. The smallest absolute Gasteiger partial charge is 0.316 e. The second-order valence-corrected chi connectivity index (χ2v) is 7.95. The summed E-state index contributed by atoms with van der Waals surface area (Å²) in [6.07, 6.45) is 3.01. The van der Waals surface area contributed by atoms with Gasteiger partial charge in [-0.15, -0.1) is 11.8 Å². The van der Waals surface area contributed by atoms with Gasteiger partial charge in [-0.2, -0.15) is 0 Å². The van der Waals surface area contributed by atoms with Gasteiger partial charge in [-0.05, 0) is 55.9 Å². The molecule has 0 bridgehead atoms. The molecule has 1 unspecified atom stereocenters. The standard InChI is InChI=1S/C22H25NO3S/c1-15-10-11-16(2)20(12-15)27-14-22(25)26-13-21(24)23-19-9-5-7-17-6-3-4-8-18(17)19/h3-4,6,8,10-12,19H,5,7,9,13-14H2,1-2H3,(H,23,24). The predicted molar refractivity (Wildman–Crippen MR) is 108 cm³/mol. The van der Waals surface area contributed by atoms with E-state index in [4.69, 9.17) is 4.74 Å². The molecule has 0 saturated heterocycles. The molecular weight excluding hydrogens is 358 g/mol. The molecule has 0 aromatic heterocycles. The quantitative estimate of drug-likeness (QED) is 0.602. The topological polar surface area (TPSA) is 55.4 Å². The van der Waals surface area contributed by atoms with Crippen LogP contribution in [0.5, 0.6) is 0 Å². The maximum atomic E-state index is 12.2. The van der Waals surface area contributed by atoms with Gasteiger partial charge in [0.2, 0.25) is 0 Å². The minimum Gasteiger partial charge on any atom is -0.455 e. The number of nitrogens with one attached hydrogen (secondary N) is 1. The van der Waals surface area contributed by atoms with Crippen LogP contribution in [-0.4, -0.2) is 24.2 Å². The van der Waals surface area contributed by atoms with E-state index in [0.717, 1.165) is 35.3 Å². The van der Waals surface area contributed by atoms with Crippen LogP contribution < -0.4 is 5.32 Å². The normalized spacial score (nSPS) is 15.7. The molecule has 0 aliphatic heterocycles. The molecule has 0 heterocycles. The Bertz CT molecular complexity index is 834. The maximum Gasteiger partial charge on any atom is 0.316 e. The summed E-state index contributed by atoms with van der Waals surface area (Å²) in [5, 5.41) is 3.00. The fourth-order valence-corrected chi connectivity index (χ4v) is 4.25. The van der Waals surface area contributed by atoms with Crippen molar-refractivity contribution in [1.29, 1.82) is 0 Å². The first kappa shape index (κ1) is 19.5. The van der Waals surface area contributed by atoms with Crippen molar-refractivity contribution < 1.29 is 14.3 Å². The average Bonchev–Trinajstić information content (AvgIpc) is 2.67. The monoisotopic (exact) mass is 383 g/mol. The summed E-state index contributed by atoms with van der Waals surface area (Å²) in [5.74, 6) is -0.425. The number of carbonyl (C=O) groups excluding carboxylic acids is 2. The zero-order chi connectivity index (χ0) is 19.2. The highest BCUT2D eigenvalue weighted by molar-refractivity contribution is 8.00. The van der Waals surface area contributed by atoms with Crippen molar-refractivity contribution in [2.45, 2.75) is 44.0 Å². The van der Waals surface area contributed by atoms with Gasteiger partial charge in [0, 0.05) is 4.90 Å².